The summed E-state index contributed by atoms with van der Waals surface area (Å²) in [5.41, 5.74) is 0.295. The van der Waals surface area contributed by atoms with Gasteiger partial charge in [0.15, 0.2) is 5.75 Å². The first kappa shape index (κ1) is 28.1. The fraction of sp³-hybridized carbons (Fsp3) is 0.483. The van der Waals surface area contributed by atoms with E-state index in [1.54, 1.807) is 44.4 Å². The van der Waals surface area contributed by atoms with Crippen molar-refractivity contribution in [3.63, 3.8) is 0 Å². The molecule has 0 aliphatic heterocycles. The van der Waals surface area contributed by atoms with Crippen molar-refractivity contribution >= 4 is 34.3 Å². The minimum atomic E-state index is -3.13. The molecule has 2 aliphatic rings. The molecule has 0 bridgehead atoms. The highest BCUT2D eigenvalue weighted by Gasteiger charge is 2.32. The number of hydrogen-bond acceptors (Lipinski definition) is 7. The molecule has 0 saturated heterocycles. The van der Waals surface area contributed by atoms with Crippen molar-refractivity contribution in [3.05, 3.63) is 50.6 Å². The van der Waals surface area contributed by atoms with Gasteiger partial charge in [-0.15, -0.1) is 11.3 Å². The van der Waals surface area contributed by atoms with Crippen LogP contribution in [0.4, 0.5) is 13.6 Å². The third-order valence-electron chi connectivity index (χ3n) is 6.84. The Balaban J connectivity index is 1.63. The second-order valence-corrected chi connectivity index (χ2v) is 12.1. The second kappa shape index (κ2) is 10.8. The Kier molecular flexibility index (Phi) is 7.60. The van der Waals surface area contributed by atoms with E-state index in [4.69, 9.17) is 14.2 Å². The number of carbonyl (C=O) groups excluding carboxylic acids is 2. The van der Waals surface area contributed by atoms with Crippen LogP contribution in [0.3, 0.4) is 0 Å². The Labute approximate surface area is 234 Å². The van der Waals surface area contributed by atoms with Crippen molar-refractivity contribution in [2.75, 3.05) is 6.61 Å². The van der Waals surface area contributed by atoms with Gasteiger partial charge in [-0.05, 0) is 83.6 Å². The number of amides is 1. The van der Waals surface area contributed by atoms with Crippen LogP contribution in [0.2, 0.25) is 0 Å². The summed E-state index contributed by atoms with van der Waals surface area (Å²) >= 11 is 1.40. The molecule has 2 heterocycles. The molecule has 1 atom stereocenters. The summed E-state index contributed by atoms with van der Waals surface area (Å²) in [6.45, 7) is 4.00. The number of rotatable bonds is 7. The van der Waals surface area contributed by atoms with Gasteiger partial charge in [-0.1, -0.05) is 0 Å². The summed E-state index contributed by atoms with van der Waals surface area (Å²) in [6, 6.07) is 4.76. The Morgan fingerprint density at radius 3 is 2.60 bits per heavy atom. The molecule has 0 spiro atoms. The zero-order chi connectivity index (χ0) is 28.8. The predicted molar refractivity (Wildman–Crippen MR) is 147 cm³/mol. The van der Waals surface area contributed by atoms with E-state index in [-0.39, 0.29) is 40.9 Å². The monoisotopic (exact) mass is 574 g/mol. The third-order valence-corrected chi connectivity index (χ3v) is 8.17. The van der Waals surface area contributed by atoms with Gasteiger partial charge in [0.1, 0.15) is 11.2 Å². The molecule has 1 fully saturated rings. The van der Waals surface area contributed by atoms with Gasteiger partial charge < -0.3 is 24.1 Å². The van der Waals surface area contributed by atoms with Crippen LogP contribution >= 0.6 is 11.3 Å². The van der Waals surface area contributed by atoms with Crippen LogP contribution in [-0.2, 0) is 15.9 Å². The molecule has 1 aromatic carbocycles. The van der Waals surface area contributed by atoms with Gasteiger partial charge in [-0.2, -0.15) is 8.78 Å². The van der Waals surface area contributed by atoms with E-state index in [0.29, 0.717) is 10.4 Å². The summed E-state index contributed by atoms with van der Waals surface area (Å²) in [5.74, 6) is -0.860. The Hall–Kier alpha value is -3.47. The highest BCUT2D eigenvalue weighted by molar-refractivity contribution is 7.15. The van der Waals surface area contributed by atoms with E-state index < -0.39 is 29.7 Å². The van der Waals surface area contributed by atoms with E-state index in [2.05, 4.69) is 5.32 Å². The number of pyridine rings is 1. The molecule has 5 rings (SSSR count). The predicted octanol–water partition coefficient (Wildman–Crippen LogP) is 6.75. The largest absolute Gasteiger partial charge is 0.462 e. The smallest absolute Gasteiger partial charge is 0.408 e. The number of hydrogen-bond donors (Lipinski definition) is 1. The number of esters is 1. The zero-order valence-corrected chi connectivity index (χ0v) is 23.7. The van der Waals surface area contributed by atoms with Crippen molar-refractivity contribution in [1.82, 2.24) is 9.88 Å². The van der Waals surface area contributed by atoms with E-state index in [1.165, 1.54) is 17.5 Å². The first-order valence-electron chi connectivity index (χ1n) is 13.4. The van der Waals surface area contributed by atoms with Crippen LogP contribution in [-0.4, -0.2) is 35.4 Å². The van der Waals surface area contributed by atoms with Gasteiger partial charge in [-0.3, -0.25) is 4.79 Å². The summed E-state index contributed by atoms with van der Waals surface area (Å²) in [6.07, 6.45) is 4.81. The number of nitrogens with one attached hydrogen (secondary N) is 1. The summed E-state index contributed by atoms with van der Waals surface area (Å²) < 4.78 is 45.0. The van der Waals surface area contributed by atoms with Crippen LogP contribution in [0, 0.1) is 0 Å². The normalized spacial score (nSPS) is 17.0. The zero-order valence-electron chi connectivity index (χ0n) is 22.8. The number of alkyl carbamates (subject to hydrolysis) is 1. The number of halogens is 2. The average Bonchev–Trinajstić information content (AvgIpc) is 3.61. The highest BCUT2D eigenvalue weighted by Crippen LogP contribution is 2.47. The van der Waals surface area contributed by atoms with Gasteiger partial charge in [0.2, 0.25) is 5.43 Å². The van der Waals surface area contributed by atoms with Crippen LogP contribution in [0.1, 0.15) is 86.3 Å². The number of thiophene rings is 1. The lowest BCUT2D eigenvalue weighted by atomic mass is 9.94. The quantitative estimate of drug-likeness (QED) is 0.314. The third kappa shape index (κ3) is 5.70. The molecule has 214 valence electrons. The Bertz CT molecular complexity index is 1520. The van der Waals surface area contributed by atoms with Gasteiger partial charge in [0, 0.05) is 27.6 Å². The summed E-state index contributed by atoms with van der Waals surface area (Å²) in [5, 5.41) is 3.06. The number of aromatic nitrogens is 1. The van der Waals surface area contributed by atoms with Crippen molar-refractivity contribution in [2.45, 2.75) is 84.1 Å². The van der Waals surface area contributed by atoms with Crippen molar-refractivity contribution in [3.8, 4) is 16.2 Å². The highest BCUT2D eigenvalue weighted by atomic mass is 32.1. The van der Waals surface area contributed by atoms with Crippen molar-refractivity contribution in [2.24, 2.45) is 0 Å². The van der Waals surface area contributed by atoms with E-state index in [1.807, 2.05) is 6.07 Å². The summed E-state index contributed by atoms with van der Waals surface area (Å²) in [4.78, 5) is 40.0. The van der Waals surface area contributed by atoms with Crippen molar-refractivity contribution < 1.29 is 32.6 Å². The number of alkyl halides is 2. The molecular formula is C29H32F2N2O6S. The molecule has 40 heavy (non-hydrogen) atoms. The topological polar surface area (TPSA) is 95.9 Å². The molecule has 8 nitrogen and oxygen atoms in total. The maximum atomic E-state index is 13.8. The first-order chi connectivity index (χ1) is 19.0. The Morgan fingerprint density at radius 1 is 1.20 bits per heavy atom. The number of carbonyl (C=O) groups is 2. The number of nitrogens with zero attached hydrogens (tertiary/aromatic N) is 1. The lowest BCUT2D eigenvalue weighted by Crippen LogP contribution is -2.35. The van der Waals surface area contributed by atoms with Crippen molar-refractivity contribution in [1.29, 1.82) is 0 Å². The van der Waals surface area contributed by atoms with Gasteiger partial charge in [0.05, 0.1) is 23.6 Å². The molecule has 3 aromatic rings. The van der Waals surface area contributed by atoms with E-state index in [9.17, 15) is 23.2 Å². The minimum absolute atomic E-state index is 0.0505. The first-order valence-corrected chi connectivity index (χ1v) is 14.2. The van der Waals surface area contributed by atoms with E-state index in [0.717, 1.165) is 42.5 Å². The fourth-order valence-electron chi connectivity index (χ4n) is 5.10. The molecule has 11 heteroatoms. The lowest BCUT2D eigenvalue weighted by molar-refractivity contribution is -0.0486. The minimum Gasteiger partial charge on any atom is -0.462 e. The Morgan fingerprint density at radius 2 is 1.95 bits per heavy atom. The molecule has 0 radical (unpaired) electrons. The van der Waals surface area contributed by atoms with Crippen LogP contribution in [0.5, 0.6) is 5.75 Å². The molecule has 2 aromatic heterocycles. The SMILES string of the molecule is CCOC(=O)c1cn(C2CC2)c2c(OC(F)F)c(-c3cc4c(s3)C(NC(=O)OC(C)(C)C)CCC4)ccc2c1=O. The molecule has 1 saturated carbocycles. The van der Waals surface area contributed by atoms with Gasteiger partial charge in [0.25, 0.3) is 0 Å². The van der Waals surface area contributed by atoms with E-state index >= 15 is 0 Å². The standard InChI is InChI=1S/C29H32F2N2O6S/c1-5-37-26(35)19-14-33(16-9-10-16)22-18(23(19)34)12-11-17(24(22)38-27(30)31)21-13-15-7-6-8-20(25(15)40-21)32-28(36)39-29(2,3)4/h11-14,16,20,27H,5-10H2,1-4H3,(H,32,36). The van der Waals surface area contributed by atoms with Gasteiger partial charge in [-0.25, -0.2) is 9.59 Å². The maximum Gasteiger partial charge on any atom is 0.408 e. The summed E-state index contributed by atoms with van der Waals surface area (Å²) in [7, 11) is 0. The van der Waals surface area contributed by atoms with Crippen LogP contribution in [0.15, 0.2) is 29.2 Å². The maximum absolute atomic E-state index is 13.8. The molecule has 1 unspecified atom stereocenters. The molecule has 2 aliphatic carbocycles. The number of ether oxygens (including phenoxy) is 3. The van der Waals surface area contributed by atoms with Gasteiger partial charge >= 0.3 is 18.7 Å². The molecule has 1 N–H and O–H groups in total. The number of benzene rings is 1. The number of aryl methyl sites for hydroxylation is 1. The number of fused-ring (bicyclic) bond motifs is 2. The molecular weight excluding hydrogens is 542 g/mol. The fourth-order valence-corrected chi connectivity index (χ4v) is 6.42. The lowest BCUT2D eigenvalue weighted by Gasteiger charge is -2.26. The van der Waals surface area contributed by atoms with Crippen LogP contribution in [0.25, 0.3) is 21.3 Å². The average molecular weight is 575 g/mol. The second-order valence-electron chi connectivity index (χ2n) is 11.0. The molecule has 1 amide bonds. The van der Waals surface area contributed by atoms with Crippen LogP contribution < -0.4 is 15.5 Å².